The summed E-state index contributed by atoms with van der Waals surface area (Å²) in [5.41, 5.74) is 0. The quantitative estimate of drug-likeness (QED) is 0.177. The molecule has 6 heteroatoms. The van der Waals surface area contributed by atoms with E-state index >= 15 is 0 Å². The Labute approximate surface area is 189 Å². The summed E-state index contributed by atoms with van der Waals surface area (Å²) in [5, 5.41) is 3.13. The average Bonchev–Trinajstić information content (AvgIpc) is 2.75. The summed E-state index contributed by atoms with van der Waals surface area (Å²) in [6, 6.07) is -0.135. The zero-order valence-corrected chi connectivity index (χ0v) is 23.5. The van der Waals surface area contributed by atoms with Crippen molar-refractivity contribution >= 4 is 30.3 Å². The van der Waals surface area contributed by atoms with Crippen molar-refractivity contribution in [2.75, 3.05) is 20.8 Å². The van der Waals surface area contributed by atoms with Gasteiger partial charge in [0, 0.05) is 0 Å². The van der Waals surface area contributed by atoms with Gasteiger partial charge in [-0.3, -0.25) is 0 Å². The number of rotatable bonds is 17. The number of unbranched alkanes of at least 4 members (excludes halogenated alkanes) is 3. The topological polar surface area (TPSA) is 64.6 Å². The first kappa shape index (κ1) is 29.4. The van der Waals surface area contributed by atoms with Gasteiger partial charge >= 0.3 is 190 Å². The molecule has 0 aromatic carbocycles. The number of carbonyl (C=O) groups is 2. The summed E-state index contributed by atoms with van der Waals surface area (Å²) in [4.78, 5) is 25.1. The van der Waals surface area contributed by atoms with Crippen LogP contribution in [0, 0.1) is 5.92 Å². The third kappa shape index (κ3) is 10.2. The summed E-state index contributed by atoms with van der Waals surface area (Å²) >= 11 is -2.95. The third-order valence-corrected chi connectivity index (χ3v) is 22.3. The number of hydrogen-bond donors (Lipinski definition) is 1. The molecule has 0 radical (unpaired) electrons. The van der Waals surface area contributed by atoms with Crippen LogP contribution in [0.4, 0.5) is 4.79 Å². The van der Waals surface area contributed by atoms with Crippen molar-refractivity contribution in [3.63, 3.8) is 0 Å². The Morgan fingerprint density at radius 1 is 0.933 bits per heavy atom. The first-order valence-corrected chi connectivity index (χ1v) is 19.4. The average molecular weight is 532 g/mol. The molecule has 2 atom stereocenters. The molecule has 1 unspecified atom stereocenters. The van der Waals surface area contributed by atoms with Crippen LogP contribution in [0.1, 0.15) is 79.6 Å². The van der Waals surface area contributed by atoms with E-state index in [0.29, 0.717) is 0 Å². The van der Waals surface area contributed by atoms with Gasteiger partial charge in [-0.05, 0) is 0 Å². The van der Waals surface area contributed by atoms with E-state index in [9.17, 15) is 9.59 Å². The predicted octanol–water partition coefficient (Wildman–Crippen LogP) is 6.29. The molecule has 0 rings (SSSR count). The van der Waals surface area contributed by atoms with Crippen molar-refractivity contribution in [3.8, 4) is 0 Å². The molecule has 5 nitrogen and oxygen atoms in total. The predicted molar refractivity (Wildman–Crippen MR) is 129 cm³/mol. The maximum absolute atomic E-state index is 12.8. The van der Waals surface area contributed by atoms with Crippen LogP contribution in [0.25, 0.3) is 0 Å². The fraction of sp³-hybridized carbons (Fsp3) is 0.833. The van der Waals surface area contributed by atoms with E-state index in [-0.39, 0.29) is 24.3 Å². The number of nitrogens with one attached hydrogen (secondary N) is 1. The van der Waals surface area contributed by atoms with Gasteiger partial charge in [0.05, 0.1) is 0 Å². The number of hydrogen-bond acceptors (Lipinski definition) is 4. The van der Waals surface area contributed by atoms with Crippen molar-refractivity contribution in [2.45, 2.75) is 98.9 Å². The van der Waals surface area contributed by atoms with Crippen LogP contribution in [0.15, 0.2) is 9.67 Å². The molecule has 30 heavy (non-hydrogen) atoms. The number of carbonyl (C=O) groups excluding carboxylic acids is 2. The maximum atomic E-state index is 12.8. The Bertz CT molecular complexity index is 500. The molecule has 0 aliphatic rings. The van der Waals surface area contributed by atoms with Gasteiger partial charge in [0.25, 0.3) is 0 Å². The normalized spacial score (nSPS) is 14.3. The van der Waals surface area contributed by atoms with Gasteiger partial charge in [-0.1, -0.05) is 0 Å². The molecule has 0 saturated carbocycles. The fourth-order valence-corrected chi connectivity index (χ4v) is 21.9. The first-order chi connectivity index (χ1) is 14.3. The van der Waals surface area contributed by atoms with Crippen LogP contribution in [0.3, 0.4) is 0 Å². The van der Waals surface area contributed by atoms with Crippen molar-refractivity contribution in [3.05, 3.63) is 9.67 Å². The van der Waals surface area contributed by atoms with Crippen LogP contribution >= 0.6 is 0 Å². The number of alkyl carbamates (subject to hydrolysis) is 1. The van der Waals surface area contributed by atoms with Gasteiger partial charge in [0.15, 0.2) is 0 Å². The van der Waals surface area contributed by atoms with Gasteiger partial charge in [-0.2, -0.15) is 0 Å². The molecule has 176 valence electrons. The zero-order valence-electron chi connectivity index (χ0n) is 20.6. The molecule has 0 bridgehead atoms. The molecule has 0 spiro atoms. The summed E-state index contributed by atoms with van der Waals surface area (Å²) in [6.45, 7) is 11.1. The van der Waals surface area contributed by atoms with E-state index < -0.39 is 24.5 Å². The van der Waals surface area contributed by atoms with E-state index in [1.807, 2.05) is 6.08 Å². The molecule has 0 aromatic heterocycles. The standard InChI is InChI=1S/C12H20NO4.3C4H9.Sn/c1-5-9(2)11(13-12(15)17-4)7-6-10(14)8-16-3;3*1-3-4-2;/h6,9,11H,5,8H2,1-4H3,(H,13,15);3*1,3-4H2,2H3;/t9?,11-;;;;/m1..../s1. The van der Waals surface area contributed by atoms with E-state index in [1.165, 1.54) is 43.3 Å². The van der Waals surface area contributed by atoms with E-state index in [0.717, 1.165) is 25.7 Å². The van der Waals surface area contributed by atoms with Gasteiger partial charge in [-0.25, -0.2) is 0 Å². The van der Waals surface area contributed by atoms with Gasteiger partial charge in [-0.15, -0.1) is 0 Å². The second-order valence-corrected chi connectivity index (χ2v) is 21.8. The Morgan fingerprint density at radius 2 is 1.43 bits per heavy atom. The summed E-state index contributed by atoms with van der Waals surface area (Å²) in [7, 11) is 2.97. The molecular formula is C24H47NO4Sn. The van der Waals surface area contributed by atoms with Crippen LogP contribution in [0.5, 0.6) is 0 Å². The van der Waals surface area contributed by atoms with Gasteiger partial charge < -0.3 is 0 Å². The molecule has 0 saturated heterocycles. The Balaban J connectivity index is 6.57. The molecule has 0 aliphatic carbocycles. The molecule has 0 aromatic rings. The van der Waals surface area contributed by atoms with Crippen LogP contribution in [-0.4, -0.2) is 57.1 Å². The number of amides is 1. The molecule has 0 fully saturated rings. The number of ether oxygens (including phenoxy) is 2. The van der Waals surface area contributed by atoms with Gasteiger partial charge in [0.2, 0.25) is 0 Å². The molecule has 0 heterocycles. The minimum atomic E-state index is -2.95. The Hall–Kier alpha value is -0.561. The van der Waals surface area contributed by atoms with Crippen LogP contribution in [-0.2, 0) is 14.3 Å². The Kier molecular flexibility index (Phi) is 16.7. The van der Waals surface area contributed by atoms with E-state index in [1.54, 1.807) is 7.11 Å². The van der Waals surface area contributed by atoms with Crippen LogP contribution < -0.4 is 5.32 Å². The van der Waals surface area contributed by atoms with Crippen molar-refractivity contribution in [1.29, 1.82) is 0 Å². The third-order valence-electron chi connectivity index (χ3n) is 6.25. The number of ketones is 1. The van der Waals surface area contributed by atoms with E-state index in [4.69, 9.17) is 9.47 Å². The van der Waals surface area contributed by atoms with Crippen LogP contribution in [0.2, 0.25) is 13.3 Å². The minimum absolute atomic E-state index is 0.0121. The SMILES string of the molecule is CCC[CH2][Sn]([CH2]CCC)([CH2]CCC)/[C](=C/C(=O)COC)[C@@H](NC(=O)OC)C(C)CC. The zero-order chi connectivity index (χ0) is 23.0. The summed E-state index contributed by atoms with van der Waals surface area (Å²) in [6.07, 6.45) is 9.49. The number of methoxy groups -OCH3 is 2. The Morgan fingerprint density at radius 3 is 1.80 bits per heavy atom. The van der Waals surface area contributed by atoms with Crippen molar-refractivity contribution < 1.29 is 19.1 Å². The van der Waals surface area contributed by atoms with E-state index in [2.05, 4.69) is 39.9 Å². The second kappa shape index (κ2) is 17.0. The molecule has 1 amide bonds. The molecule has 1 N–H and O–H groups in total. The first-order valence-electron chi connectivity index (χ1n) is 11.9. The fourth-order valence-electron chi connectivity index (χ4n) is 4.23. The second-order valence-electron chi connectivity index (χ2n) is 8.59. The van der Waals surface area contributed by atoms with Crippen molar-refractivity contribution in [2.24, 2.45) is 5.92 Å². The molecular weight excluding hydrogens is 485 g/mol. The molecule has 0 aliphatic heterocycles. The monoisotopic (exact) mass is 533 g/mol. The summed E-state index contributed by atoms with van der Waals surface area (Å²) < 4.78 is 15.1. The summed E-state index contributed by atoms with van der Waals surface area (Å²) in [5.74, 6) is 0.254. The van der Waals surface area contributed by atoms with Gasteiger partial charge in [0.1, 0.15) is 0 Å². The van der Waals surface area contributed by atoms with Crippen molar-refractivity contribution in [1.82, 2.24) is 5.32 Å².